The predicted molar refractivity (Wildman–Crippen MR) is 121 cm³/mol. The standard InChI is InChI=1S/C26H29F3N2O/c1-5-8-19-11-18(15-30)12-22(17(19)2)24(3,4)16-25(32,26(27,28)29)14-21-13-20-9-6-7-10-23(20)31-21/h6-7,9-13,31-32H,5,8,14,16H2,1-4H3. The van der Waals surface area contributed by atoms with Crippen molar-refractivity contribution in [3.05, 3.63) is 70.4 Å². The first-order chi connectivity index (χ1) is 14.9. The Balaban J connectivity index is 2.02. The maximum Gasteiger partial charge on any atom is 0.417 e. The van der Waals surface area contributed by atoms with E-state index in [2.05, 4.69) is 11.1 Å². The van der Waals surface area contributed by atoms with Crippen molar-refractivity contribution in [1.82, 2.24) is 4.98 Å². The topological polar surface area (TPSA) is 59.8 Å². The van der Waals surface area contributed by atoms with E-state index in [-0.39, 0.29) is 0 Å². The molecular weight excluding hydrogens is 413 g/mol. The summed E-state index contributed by atoms with van der Waals surface area (Å²) in [6.45, 7) is 7.31. The van der Waals surface area contributed by atoms with Crippen molar-refractivity contribution in [3.8, 4) is 6.07 Å². The fourth-order valence-electron chi connectivity index (χ4n) is 4.70. The Morgan fingerprint density at radius 2 is 1.78 bits per heavy atom. The van der Waals surface area contributed by atoms with Gasteiger partial charge in [0.25, 0.3) is 0 Å². The van der Waals surface area contributed by atoms with Crippen molar-refractivity contribution < 1.29 is 18.3 Å². The second-order valence-electron chi connectivity index (χ2n) is 9.32. The number of aliphatic hydroxyl groups is 1. The number of para-hydroxylation sites is 1. The monoisotopic (exact) mass is 442 g/mol. The normalized spacial score (nSPS) is 14.3. The molecule has 0 saturated heterocycles. The van der Waals surface area contributed by atoms with Gasteiger partial charge in [-0.2, -0.15) is 18.4 Å². The molecule has 0 aliphatic heterocycles. The quantitative estimate of drug-likeness (QED) is 0.438. The highest BCUT2D eigenvalue weighted by molar-refractivity contribution is 5.80. The minimum atomic E-state index is -4.82. The molecule has 1 unspecified atom stereocenters. The molecule has 0 saturated carbocycles. The van der Waals surface area contributed by atoms with Crippen LogP contribution in [0.4, 0.5) is 13.2 Å². The summed E-state index contributed by atoms with van der Waals surface area (Å²) in [7, 11) is 0. The molecule has 0 aliphatic rings. The van der Waals surface area contributed by atoms with Crippen molar-refractivity contribution in [2.24, 2.45) is 0 Å². The van der Waals surface area contributed by atoms with Crippen LogP contribution in [0, 0.1) is 18.3 Å². The number of halogens is 3. The van der Waals surface area contributed by atoms with Crippen LogP contribution in [0.25, 0.3) is 10.9 Å². The molecule has 0 bridgehead atoms. The van der Waals surface area contributed by atoms with E-state index in [1.54, 1.807) is 44.2 Å². The number of hydrogen-bond acceptors (Lipinski definition) is 2. The van der Waals surface area contributed by atoms with Crippen molar-refractivity contribution in [3.63, 3.8) is 0 Å². The van der Waals surface area contributed by atoms with E-state index in [1.165, 1.54) is 0 Å². The molecule has 3 aromatic rings. The first-order valence-corrected chi connectivity index (χ1v) is 10.8. The van der Waals surface area contributed by atoms with E-state index in [4.69, 9.17) is 0 Å². The Labute approximate surface area is 186 Å². The minimum absolute atomic E-state index is 0.330. The summed E-state index contributed by atoms with van der Waals surface area (Å²) in [4.78, 5) is 3.00. The Bertz CT molecular complexity index is 1120. The molecule has 1 aromatic heterocycles. The average molecular weight is 443 g/mol. The highest BCUT2D eigenvalue weighted by atomic mass is 19.4. The summed E-state index contributed by atoms with van der Waals surface area (Å²) < 4.78 is 42.7. The molecule has 0 aliphatic carbocycles. The molecule has 0 spiro atoms. The van der Waals surface area contributed by atoms with Gasteiger partial charge in [-0.05, 0) is 71.5 Å². The van der Waals surface area contributed by atoms with Gasteiger partial charge in [0.1, 0.15) is 0 Å². The molecule has 2 aromatic carbocycles. The zero-order valence-electron chi connectivity index (χ0n) is 18.9. The summed E-state index contributed by atoms with van der Waals surface area (Å²) in [5, 5.41) is 21.3. The predicted octanol–water partition coefficient (Wildman–Crippen LogP) is 6.50. The number of alkyl halides is 3. The van der Waals surface area contributed by atoms with Crippen LogP contribution < -0.4 is 0 Å². The molecule has 2 N–H and O–H groups in total. The Morgan fingerprint density at radius 1 is 1.09 bits per heavy atom. The van der Waals surface area contributed by atoms with E-state index in [9.17, 15) is 23.5 Å². The van der Waals surface area contributed by atoms with Gasteiger partial charge in [0.05, 0.1) is 11.6 Å². The molecule has 170 valence electrons. The Hall–Kier alpha value is -2.78. The molecule has 0 fully saturated rings. The highest BCUT2D eigenvalue weighted by Gasteiger charge is 2.56. The lowest BCUT2D eigenvalue weighted by atomic mass is 9.71. The summed E-state index contributed by atoms with van der Waals surface area (Å²) in [5.74, 6) is 0. The van der Waals surface area contributed by atoms with Crippen LogP contribution in [0.3, 0.4) is 0 Å². The zero-order chi connectivity index (χ0) is 23.7. The van der Waals surface area contributed by atoms with Crippen molar-refractivity contribution in [1.29, 1.82) is 5.26 Å². The van der Waals surface area contributed by atoms with Gasteiger partial charge in [0.15, 0.2) is 5.60 Å². The maximum atomic E-state index is 14.2. The Morgan fingerprint density at radius 3 is 2.38 bits per heavy atom. The lowest BCUT2D eigenvalue weighted by Crippen LogP contribution is -2.51. The van der Waals surface area contributed by atoms with Crippen molar-refractivity contribution in [2.75, 3.05) is 0 Å². The van der Waals surface area contributed by atoms with E-state index in [0.717, 1.165) is 34.9 Å². The number of rotatable bonds is 7. The number of hydrogen-bond donors (Lipinski definition) is 2. The molecule has 0 radical (unpaired) electrons. The number of H-pyrrole nitrogens is 1. The number of aryl methyl sites for hydroxylation is 1. The maximum absolute atomic E-state index is 14.2. The van der Waals surface area contributed by atoms with Gasteiger partial charge in [0, 0.05) is 17.6 Å². The van der Waals surface area contributed by atoms with E-state index in [1.807, 2.05) is 26.0 Å². The van der Waals surface area contributed by atoms with Crippen LogP contribution in [0.1, 0.15) is 61.6 Å². The van der Waals surface area contributed by atoms with Gasteiger partial charge in [-0.25, -0.2) is 0 Å². The van der Waals surface area contributed by atoms with E-state index < -0.39 is 30.0 Å². The minimum Gasteiger partial charge on any atom is -0.380 e. The van der Waals surface area contributed by atoms with Gasteiger partial charge < -0.3 is 10.1 Å². The van der Waals surface area contributed by atoms with E-state index in [0.29, 0.717) is 16.8 Å². The van der Waals surface area contributed by atoms with Gasteiger partial charge in [-0.15, -0.1) is 0 Å². The van der Waals surface area contributed by atoms with Crippen molar-refractivity contribution >= 4 is 10.9 Å². The second-order valence-corrected chi connectivity index (χ2v) is 9.32. The third kappa shape index (κ3) is 4.68. The van der Waals surface area contributed by atoms with Crippen LogP contribution in [-0.4, -0.2) is 21.9 Å². The van der Waals surface area contributed by atoms with Crippen molar-refractivity contribution in [2.45, 2.75) is 70.6 Å². The fourth-order valence-corrected chi connectivity index (χ4v) is 4.70. The van der Waals surface area contributed by atoms with Gasteiger partial charge >= 0.3 is 6.18 Å². The van der Waals surface area contributed by atoms with Crippen LogP contribution in [0.2, 0.25) is 0 Å². The average Bonchev–Trinajstić information content (AvgIpc) is 3.10. The zero-order valence-corrected chi connectivity index (χ0v) is 18.9. The number of nitrogens with zero attached hydrogens (tertiary/aromatic N) is 1. The second kappa shape index (κ2) is 8.63. The van der Waals surface area contributed by atoms with Crippen LogP contribution >= 0.6 is 0 Å². The Kier molecular flexibility index (Phi) is 6.44. The van der Waals surface area contributed by atoms with Crippen LogP contribution in [0.15, 0.2) is 42.5 Å². The largest absolute Gasteiger partial charge is 0.417 e. The number of benzene rings is 2. The first-order valence-electron chi connectivity index (χ1n) is 10.8. The summed E-state index contributed by atoms with van der Waals surface area (Å²) in [5.41, 5.74) is 0.0380. The third-order valence-electron chi connectivity index (χ3n) is 6.22. The molecule has 6 heteroatoms. The number of fused-ring (bicyclic) bond motifs is 1. The SMILES string of the molecule is CCCc1cc(C#N)cc(C(C)(C)CC(O)(Cc2cc3ccccc3[nH]2)C(F)(F)F)c1C. The summed E-state index contributed by atoms with van der Waals surface area (Å²) in [6.07, 6.45) is -4.33. The van der Waals surface area contributed by atoms with Crippen LogP contribution in [0.5, 0.6) is 0 Å². The van der Waals surface area contributed by atoms with Crippen LogP contribution in [-0.2, 0) is 18.3 Å². The number of nitriles is 1. The van der Waals surface area contributed by atoms with Gasteiger partial charge in [0.2, 0.25) is 0 Å². The molecule has 1 atom stereocenters. The lowest BCUT2D eigenvalue weighted by Gasteiger charge is -2.39. The molecule has 0 amide bonds. The van der Waals surface area contributed by atoms with Gasteiger partial charge in [-0.1, -0.05) is 45.4 Å². The molecule has 3 nitrogen and oxygen atoms in total. The smallest absolute Gasteiger partial charge is 0.380 e. The first kappa shape index (κ1) is 23.9. The summed E-state index contributed by atoms with van der Waals surface area (Å²) >= 11 is 0. The van der Waals surface area contributed by atoms with Gasteiger partial charge in [-0.3, -0.25) is 0 Å². The number of aromatic nitrogens is 1. The highest BCUT2D eigenvalue weighted by Crippen LogP contribution is 2.44. The lowest BCUT2D eigenvalue weighted by molar-refractivity contribution is -0.266. The molecule has 32 heavy (non-hydrogen) atoms. The molecule has 1 heterocycles. The summed E-state index contributed by atoms with van der Waals surface area (Å²) in [6, 6.07) is 14.5. The molecule has 3 rings (SSSR count). The number of aromatic amines is 1. The van der Waals surface area contributed by atoms with E-state index >= 15 is 0 Å². The fraction of sp³-hybridized carbons (Fsp3) is 0.423. The molecular formula is C26H29F3N2O. The third-order valence-corrected chi connectivity index (χ3v) is 6.22. The number of nitrogens with one attached hydrogen (secondary N) is 1.